The number of aromatic nitrogens is 3. The molecule has 254 valence electrons. The van der Waals surface area contributed by atoms with Crippen LogP contribution in [0.1, 0.15) is 54.9 Å². The topological polar surface area (TPSA) is 124 Å². The molecule has 2 aromatic heterocycles. The molecule has 0 radical (unpaired) electrons. The molecule has 0 bridgehead atoms. The molecule has 0 aliphatic carbocycles. The Labute approximate surface area is 281 Å². The first-order valence-electron chi connectivity index (χ1n) is 16.0. The maximum atomic E-state index is 14.2. The summed E-state index contributed by atoms with van der Waals surface area (Å²) in [7, 11) is 1.68. The molecule has 12 nitrogen and oxygen atoms in total. The fraction of sp³-hybridized carbons (Fsp3) is 0.562. The molecule has 1 aromatic carbocycles. The van der Waals surface area contributed by atoms with E-state index in [1.54, 1.807) is 18.1 Å². The fourth-order valence-electron chi connectivity index (χ4n) is 6.62. The summed E-state index contributed by atoms with van der Waals surface area (Å²) in [5.74, 6) is 1.04. The third-order valence-corrected chi connectivity index (χ3v) is 11.1. The molecular formula is C32H42FN7O5S2. The number of hydrogen-bond donors (Lipinski definition) is 1. The standard InChI is InChI=1S/C32H42FN7O5S2/c1-21(2)37(4)31(41)26-13-23(33)5-8-27(26)45-28-14-34-20-35-30(28)39-18-32(19-39)9-11-38(12-10-32)15-25-7-6-24(16-44-25)40(47(42)43)29-17-46-22(3)36-29/h5,8,13-14,17,20-21,24-25H,6-7,9-12,15-16,18-19H2,1-4H3,(H,42,43)/t24-,25+/m1/s1. The minimum atomic E-state index is -2.16. The first-order valence-corrected chi connectivity index (χ1v) is 17.9. The van der Waals surface area contributed by atoms with E-state index in [2.05, 4.69) is 24.8 Å². The summed E-state index contributed by atoms with van der Waals surface area (Å²) in [6.45, 7) is 10.5. The Bertz CT molecular complexity index is 1590. The number of carbonyl (C=O) groups excluding carboxylic acids is 1. The average Bonchev–Trinajstić information content (AvgIpc) is 3.46. The number of aryl methyl sites for hydroxylation is 1. The number of nitrogens with zero attached hydrogens (tertiary/aromatic N) is 7. The number of thiazole rings is 1. The highest BCUT2D eigenvalue weighted by atomic mass is 32.2. The summed E-state index contributed by atoms with van der Waals surface area (Å²) in [6, 6.07) is 3.72. The van der Waals surface area contributed by atoms with Crippen molar-refractivity contribution in [2.45, 2.75) is 64.6 Å². The molecule has 3 atom stereocenters. The van der Waals surface area contributed by atoms with Gasteiger partial charge in [0.1, 0.15) is 17.9 Å². The van der Waals surface area contributed by atoms with Crippen LogP contribution in [0.25, 0.3) is 0 Å². The van der Waals surface area contributed by atoms with Gasteiger partial charge >= 0.3 is 0 Å². The SMILES string of the molecule is Cc1nc(N([C@@H]2CC[C@@H](CN3CCC4(CC3)CN(c3ncncc3Oc3ccc(F)cc3C(=O)N(C)C(C)C)C4)OC2)S(=O)O)cs1. The Morgan fingerprint density at radius 2 is 2.02 bits per heavy atom. The van der Waals surface area contributed by atoms with Gasteiger partial charge in [-0.2, -0.15) is 0 Å². The van der Waals surface area contributed by atoms with E-state index in [1.165, 1.54) is 40.2 Å². The van der Waals surface area contributed by atoms with Crippen LogP contribution in [-0.4, -0.2) is 104 Å². The van der Waals surface area contributed by atoms with Crippen LogP contribution in [0.4, 0.5) is 16.0 Å². The minimum Gasteiger partial charge on any atom is -0.451 e. The molecular weight excluding hydrogens is 646 g/mol. The molecule has 15 heteroatoms. The van der Waals surface area contributed by atoms with E-state index in [1.807, 2.05) is 26.2 Å². The van der Waals surface area contributed by atoms with Crippen LogP contribution in [0.2, 0.25) is 0 Å². The van der Waals surface area contributed by atoms with E-state index in [9.17, 15) is 17.9 Å². The lowest BCUT2D eigenvalue weighted by Gasteiger charge is -2.54. The number of anilines is 2. The summed E-state index contributed by atoms with van der Waals surface area (Å²) < 4.78 is 50.1. The quantitative estimate of drug-likeness (QED) is 0.299. The summed E-state index contributed by atoms with van der Waals surface area (Å²) in [4.78, 5) is 32.4. The van der Waals surface area contributed by atoms with Crippen molar-refractivity contribution in [3.8, 4) is 11.5 Å². The van der Waals surface area contributed by atoms with Crippen LogP contribution in [-0.2, 0) is 16.0 Å². The number of carbonyl (C=O) groups is 1. The molecule has 3 fully saturated rings. The zero-order valence-corrected chi connectivity index (χ0v) is 28.8. The van der Waals surface area contributed by atoms with E-state index >= 15 is 0 Å². The van der Waals surface area contributed by atoms with Crippen molar-refractivity contribution < 1.29 is 27.4 Å². The van der Waals surface area contributed by atoms with Crippen molar-refractivity contribution in [1.82, 2.24) is 24.8 Å². The van der Waals surface area contributed by atoms with Crippen molar-refractivity contribution in [2.75, 3.05) is 55.6 Å². The van der Waals surface area contributed by atoms with Crippen molar-refractivity contribution in [1.29, 1.82) is 0 Å². The predicted molar refractivity (Wildman–Crippen MR) is 179 cm³/mol. The molecule has 1 spiro atoms. The summed E-state index contributed by atoms with van der Waals surface area (Å²) in [5.41, 5.74) is 0.335. The number of benzene rings is 1. The highest BCUT2D eigenvalue weighted by molar-refractivity contribution is 7.80. The molecule has 1 amide bonds. The van der Waals surface area contributed by atoms with E-state index in [0.29, 0.717) is 24.0 Å². The molecule has 6 rings (SSSR count). The third-order valence-electron chi connectivity index (χ3n) is 9.56. The van der Waals surface area contributed by atoms with Gasteiger partial charge in [0.25, 0.3) is 17.2 Å². The number of piperidine rings is 1. The number of amides is 1. The number of halogens is 1. The number of ether oxygens (including phenoxy) is 2. The Hall–Kier alpha value is -3.24. The Kier molecular flexibility index (Phi) is 10.1. The summed E-state index contributed by atoms with van der Waals surface area (Å²) in [5, 5.41) is 2.67. The summed E-state index contributed by atoms with van der Waals surface area (Å²) in [6.07, 6.45) is 6.87. The van der Waals surface area contributed by atoms with Crippen LogP contribution in [0.5, 0.6) is 11.5 Å². The molecule has 1 N–H and O–H groups in total. The van der Waals surface area contributed by atoms with Gasteiger partial charge in [-0.15, -0.1) is 11.3 Å². The second kappa shape index (κ2) is 14.1. The molecule has 5 heterocycles. The first-order chi connectivity index (χ1) is 22.5. The molecule has 3 aliphatic rings. The van der Waals surface area contributed by atoms with Crippen LogP contribution in [0.3, 0.4) is 0 Å². The monoisotopic (exact) mass is 687 g/mol. The van der Waals surface area contributed by atoms with Crippen LogP contribution >= 0.6 is 11.3 Å². The van der Waals surface area contributed by atoms with Gasteiger partial charge < -0.3 is 24.2 Å². The zero-order chi connectivity index (χ0) is 33.3. The van der Waals surface area contributed by atoms with Crippen molar-refractivity contribution in [3.63, 3.8) is 0 Å². The second-order valence-corrected chi connectivity index (χ2v) is 15.0. The largest absolute Gasteiger partial charge is 0.451 e. The van der Waals surface area contributed by atoms with Crippen molar-refractivity contribution in [3.05, 3.63) is 52.5 Å². The van der Waals surface area contributed by atoms with Gasteiger partial charge in [-0.3, -0.25) is 9.35 Å². The molecule has 3 saturated heterocycles. The minimum absolute atomic E-state index is 0.0601. The van der Waals surface area contributed by atoms with Crippen LogP contribution < -0.4 is 13.9 Å². The van der Waals surface area contributed by atoms with Crippen molar-refractivity contribution in [2.24, 2.45) is 5.41 Å². The zero-order valence-electron chi connectivity index (χ0n) is 27.2. The Balaban J connectivity index is 1.01. The normalized spacial score (nSPS) is 21.8. The fourth-order valence-corrected chi connectivity index (χ4v) is 7.95. The lowest BCUT2D eigenvalue weighted by molar-refractivity contribution is -0.0270. The molecule has 3 aliphatic heterocycles. The number of hydrogen-bond acceptors (Lipinski definition) is 10. The highest BCUT2D eigenvalue weighted by Crippen LogP contribution is 2.45. The van der Waals surface area contributed by atoms with E-state index in [-0.39, 0.29) is 40.8 Å². The highest BCUT2D eigenvalue weighted by Gasteiger charge is 2.46. The lowest BCUT2D eigenvalue weighted by atomic mass is 9.72. The summed E-state index contributed by atoms with van der Waals surface area (Å²) >= 11 is -0.696. The maximum Gasteiger partial charge on any atom is 0.263 e. The Morgan fingerprint density at radius 3 is 2.66 bits per heavy atom. The Morgan fingerprint density at radius 1 is 1.26 bits per heavy atom. The molecule has 3 aromatic rings. The average molecular weight is 688 g/mol. The number of rotatable bonds is 10. The van der Waals surface area contributed by atoms with Crippen LogP contribution in [0, 0.1) is 18.2 Å². The molecule has 47 heavy (non-hydrogen) atoms. The molecule has 0 saturated carbocycles. The third kappa shape index (κ3) is 7.43. The predicted octanol–water partition coefficient (Wildman–Crippen LogP) is 4.75. The van der Waals surface area contributed by atoms with E-state index < -0.39 is 17.1 Å². The van der Waals surface area contributed by atoms with Gasteiger partial charge in [-0.25, -0.2) is 27.9 Å². The van der Waals surface area contributed by atoms with Gasteiger partial charge in [-0.05, 0) is 77.7 Å². The van der Waals surface area contributed by atoms with E-state index in [0.717, 1.165) is 63.4 Å². The first kappa shape index (κ1) is 33.7. The van der Waals surface area contributed by atoms with Gasteiger partial charge in [0, 0.05) is 43.5 Å². The second-order valence-electron chi connectivity index (χ2n) is 13.1. The smallest absolute Gasteiger partial charge is 0.263 e. The number of likely N-dealkylation sites (tertiary alicyclic amines) is 1. The van der Waals surface area contributed by atoms with Crippen LogP contribution in [0.15, 0.2) is 36.1 Å². The van der Waals surface area contributed by atoms with Gasteiger partial charge in [0.05, 0.1) is 35.5 Å². The van der Waals surface area contributed by atoms with Gasteiger partial charge in [0.15, 0.2) is 17.4 Å². The van der Waals surface area contributed by atoms with Crippen molar-refractivity contribution >= 4 is 40.1 Å². The lowest BCUT2D eigenvalue weighted by Crippen LogP contribution is -2.61. The maximum absolute atomic E-state index is 14.2. The van der Waals surface area contributed by atoms with E-state index in [4.69, 9.17) is 9.47 Å². The van der Waals surface area contributed by atoms with Gasteiger partial charge in [0.2, 0.25) is 0 Å². The molecule has 1 unspecified atom stereocenters. The van der Waals surface area contributed by atoms with Gasteiger partial charge in [-0.1, -0.05) is 0 Å².